The van der Waals surface area contributed by atoms with Crippen molar-refractivity contribution in [3.05, 3.63) is 35.6 Å². The molecule has 0 aliphatic carbocycles. The van der Waals surface area contributed by atoms with Crippen molar-refractivity contribution < 1.29 is 13.9 Å². The molecule has 1 N–H and O–H groups in total. The Labute approximate surface area is 112 Å². The molecule has 1 fully saturated rings. The van der Waals surface area contributed by atoms with Gasteiger partial charge in [-0.15, -0.1) is 6.42 Å². The lowest BCUT2D eigenvalue weighted by molar-refractivity contribution is -0.130. The van der Waals surface area contributed by atoms with Crippen molar-refractivity contribution >= 4 is 5.91 Å². The molecule has 19 heavy (non-hydrogen) atoms. The van der Waals surface area contributed by atoms with E-state index in [9.17, 15) is 9.18 Å². The molecule has 1 amide bonds. The van der Waals surface area contributed by atoms with Crippen molar-refractivity contribution in [2.24, 2.45) is 0 Å². The van der Waals surface area contributed by atoms with E-state index < -0.39 is 5.41 Å². The summed E-state index contributed by atoms with van der Waals surface area (Å²) >= 11 is 0. The highest BCUT2D eigenvalue weighted by molar-refractivity contribution is 5.88. The maximum absolute atomic E-state index is 13.4. The maximum atomic E-state index is 13.4. The number of terminal acetylenes is 1. The molecule has 0 saturated carbocycles. The number of ether oxygens (including phenoxy) is 1. The molecule has 1 aromatic rings. The zero-order valence-corrected chi connectivity index (χ0v) is 10.6. The summed E-state index contributed by atoms with van der Waals surface area (Å²) in [6, 6.07) is 6.19. The maximum Gasteiger partial charge on any atom is 0.231 e. The summed E-state index contributed by atoms with van der Waals surface area (Å²) in [5.41, 5.74) is -0.0534. The van der Waals surface area contributed by atoms with Crippen LogP contribution < -0.4 is 5.32 Å². The predicted octanol–water partition coefficient (Wildman–Crippen LogP) is 1.62. The van der Waals surface area contributed by atoms with E-state index >= 15 is 0 Å². The number of nitrogens with one attached hydrogen (secondary N) is 1. The van der Waals surface area contributed by atoms with Gasteiger partial charge in [-0.25, -0.2) is 4.39 Å². The van der Waals surface area contributed by atoms with Gasteiger partial charge in [0.15, 0.2) is 0 Å². The van der Waals surface area contributed by atoms with E-state index in [-0.39, 0.29) is 18.3 Å². The van der Waals surface area contributed by atoms with Crippen LogP contribution in [-0.4, -0.2) is 25.7 Å². The van der Waals surface area contributed by atoms with Gasteiger partial charge in [-0.05, 0) is 30.5 Å². The Balaban J connectivity index is 2.34. The number of carbonyl (C=O) groups excluding carboxylic acids is 1. The summed E-state index contributed by atoms with van der Waals surface area (Å²) in [6.45, 7) is 1.15. The zero-order chi connectivity index (χ0) is 13.7. The van der Waals surface area contributed by atoms with Crippen LogP contribution in [-0.2, 0) is 14.9 Å². The summed E-state index contributed by atoms with van der Waals surface area (Å²) in [5.74, 6) is 1.89. The number of rotatable bonds is 3. The molecule has 1 aliphatic rings. The SMILES string of the molecule is C#CCNC(=O)C1(c2cccc(F)c2)CCOCC1. The van der Waals surface area contributed by atoms with Gasteiger partial charge in [0.25, 0.3) is 0 Å². The molecule has 4 heteroatoms. The lowest BCUT2D eigenvalue weighted by atomic mass is 9.73. The fourth-order valence-corrected chi connectivity index (χ4v) is 2.45. The Morgan fingerprint density at radius 3 is 2.84 bits per heavy atom. The summed E-state index contributed by atoms with van der Waals surface area (Å²) in [4.78, 5) is 12.4. The van der Waals surface area contributed by atoms with E-state index in [2.05, 4.69) is 11.2 Å². The highest BCUT2D eigenvalue weighted by Gasteiger charge is 2.41. The van der Waals surface area contributed by atoms with E-state index in [1.54, 1.807) is 12.1 Å². The lowest BCUT2D eigenvalue weighted by Crippen LogP contribution is -2.48. The molecule has 3 nitrogen and oxygen atoms in total. The molecule has 1 aromatic carbocycles. The highest BCUT2D eigenvalue weighted by Crippen LogP contribution is 2.35. The van der Waals surface area contributed by atoms with E-state index in [4.69, 9.17) is 11.2 Å². The topological polar surface area (TPSA) is 38.3 Å². The fraction of sp³-hybridized carbons (Fsp3) is 0.400. The first kappa shape index (κ1) is 13.6. The molecule has 0 radical (unpaired) electrons. The van der Waals surface area contributed by atoms with Gasteiger partial charge in [0.05, 0.1) is 12.0 Å². The first-order valence-electron chi connectivity index (χ1n) is 6.24. The van der Waals surface area contributed by atoms with Crippen LogP contribution in [0, 0.1) is 18.2 Å². The van der Waals surface area contributed by atoms with Crippen LogP contribution in [0.2, 0.25) is 0 Å². The lowest BCUT2D eigenvalue weighted by Gasteiger charge is -2.36. The Hall–Kier alpha value is -1.86. The van der Waals surface area contributed by atoms with Crippen LogP contribution in [0.4, 0.5) is 4.39 Å². The van der Waals surface area contributed by atoms with Crippen LogP contribution >= 0.6 is 0 Å². The fourth-order valence-electron chi connectivity index (χ4n) is 2.45. The monoisotopic (exact) mass is 261 g/mol. The van der Waals surface area contributed by atoms with Gasteiger partial charge >= 0.3 is 0 Å². The van der Waals surface area contributed by atoms with Crippen LogP contribution in [0.15, 0.2) is 24.3 Å². The number of halogens is 1. The smallest absolute Gasteiger partial charge is 0.231 e. The minimum absolute atomic E-state index is 0.153. The van der Waals surface area contributed by atoms with Crippen LogP contribution in [0.1, 0.15) is 18.4 Å². The van der Waals surface area contributed by atoms with Crippen molar-refractivity contribution in [1.82, 2.24) is 5.32 Å². The zero-order valence-electron chi connectivity index (χ0n) is 10.6. The molecule has 0 aromatic heterocycles. The molecular weight excluding hydrogens is 245 g/mol. The Morgan fingerprint density at radius 2 is 2.21 bits per heavy atom. The van der Waals surface area contributed by atoms with Crippen molar-refractivity contribution in [3.8, 4) is 12.3 Å². The minimum atomic E-state index is -0.739. The summed E-state index contributed by atoms with van der Waals surface area (Å²) in [5, 5.41) is 2.71. The number of hydrogen-bond acceptors (Lipinski definition) is 2. The van der Waals surface area contributed by atoms with Crippen molar-refractivity contribution in [3.63, 3.8) is 0 Å². The molecule has 2 rings (SSSR count). The first-order valence-corrected chi connectivity index (χ1v) is 6.24. The molecule has 1 aliphatic heterocycles. The number of carbonyl (C=O) groups is 1. The van der Waals surface area contributed by atoms with Gasteiger partial charge in [0, 0.05) is 13.2 Å². The number of benzene rings is 1. The largest absolute Gasteiger partial charge is 0.381 e. The molecule has 1 saturated heterocycles. The van der Waals surface area contributed by atoms with Gasteiger partial charge in [-0.2, -0.15) is 0 Å². The van der Waals surface area contributed by atoms with Gasteiger partial charge < -0.3 is 10.1 Å². The third kappa shape index (κ3) is 2.77. The summed E-state index contributed by atoms with van der Waals surface area (Å²) in [7, 11) is 0. The minimum Gasteiger partial charge on any atom is -0.381 e. The van der Waals surface area contributed by atoms with Gasteiger partial charge in [0.1, 0.15) is 5.82 Å². The van der Waals surface area contributed by atoms with E-state index in [0.717, 1.165) is 0 Å². The standard InChI is InChI=1S/C15H16FNO2/c1-2-8-17-14(18)15(6-9-19-10-7-15)12-4-3-5-13(16)11-12/h1,3-5,11H,6-10H2,(H,17,18). The van der Waals surface area contributed by atoms with Crippen molar-refractivity contribution in [2.75, 3.05) is 19.8 Å². The Bertz CT molecular complexity index is 501. The quantitative estimate of drug-likeness (QED) is 0.840. The van der Waals surface area contributed by atoms with Crippen LogP contribution in [0.25, 0.3) is 0 Å². The predicted molar refractivity (Wildman–Crippen MR) is 70.0 cm³/mol. The second-order valence-electron chi connectivity index (χ2n) is 4.59. The molecule has 0 spiro atoms. The van der Waals surface area contributed by atoms with Gasteiger partial charge in [-0.3, -0.25) is 4.79 Å². The summed E-state index contributed by atoms with van der Waals surface area (Å²) < 4.78 is 18.7. The molecule has 0 atom stereocenters. The van der Waals surface area contributed by atoms with E-state index in [1.807, 2.05) is 0 Å². The average Bonchev–Trinajstić information content (AvgIpc) is 2.45. The normalized spacial score (nSPS) is 17.5. The van der Waals surface area contributed by atoms with Crippen molar-refractivity contribution in [2.45, 2.75) is 18.3 Å². The molecule has 0 unspecified atom stereocenters. The van der Waals surface area contributed by atoms with Crippen LogP contribution in [0.5, 0.6) is 0 Å². The Kier molecular flexibility index (Phi) is 4.18. The molecular formula is C15H16FNO2. The molecule has 0 bridgehead atoms. The van der Waals surface area contributed by atoms with Crippen LogP contribution in [0.3, 0.4) is 0 Å². The third-order valence-electron chi connectivity index (χ3n) is 3.51. The average molecular weight is 261 g/mol. The number of amides is 1. The third-order valence-corrected chi connectivity index (χ3v) is 3.51. The summed E-state index contributed by atoms with van der Waals surface area (Å²) in [6.07, 6.45) is 6.23. The van der Waals surface area contributed by atoms with Gasteiger partial charge in [0.2, 0.25) is 5.91 Å². The molecule has 1 heterocycles. The Morgan fingerprint density at radius 1 is 1.47 bits per heavy atom. The van der Waals surface area contributed by atoms with E-state index in [1.165, 1.54) is 12.1 Å². The number of hydrogen-bond donors (Lipinski definition) is 1. The van der Waals surface area contributed by atoms with E-state index in [0.29, 0.717) is 31.6 Å². The molecule has 100 valence electrons. The van der Waals surface area contributed by atoms with Gasteiger partial charge in [-0.1, -0.05) is 18.1 Å². The first-order chi connectivity index (χ1) is 9.19. The second kappa shape index (κ2) is 5.85. The van der Waals surface area contributed by atoms with Crippen molar-refractivity contribution in [1.29, 1.82) is 0 Å². The highest BCUT2D eigenvalue weighted by atomic mass is 19.1. The second-order valence-corrected chi connectivity index (χ2v) is 4.59.